The molecule has 0 fully saturated rings. The van der Waals surface area contributed by atoms with Gasteiger partial charge in [-0.25, -0.2) is 4.79 Å². The van der Waals surface area contributed by atoms with Gasteiger partial charge in [0.25, 0.3) is 0 Å². The molecule has 2 aromatic carbocycles. The van der Waals surface area contributed by atoms with Crippen LogP contribution >= 0.6 is 0 Å². The lowest BCUT2D eigenvalue weighted by Crippen LogP contribution is -2.36. The van der Waals surface area contributed by atoms with Crippen LogP contribution in [0, 0.1) is 0 Å². The standard InChI is InChI=1S/C20H20N2O6/c1-13(23)22(10-14-6-7-17-18(8-14)28-12-27-17)11-19(24)21-16-5-3-4-15(9-16)20(25)26-2/h3-9H,10-12H2,1-2H3,(H,21,24). The molecule has 0 radical (unpaired) electrons. The van der Waals surface area contributed by atoms with Crippen LogP contribution in [0.3, 0.4) is 0 Å². The van der Waals surface area contributed by atoms with Crippen LogP contribution in [0.25, 0.3) is 0 Å². The van der Waals surface area contributed by atoms with Gasteiger partial charge >= 0.3 is 5.97 Å². The molecule has 2 amide bonds. The zero-order valence-electron chi connectivity index (χ0n) is 15.6. The minimum atomic E-state index is -0.496. The van der Waals surface area contributed by atoms with Gasteiger partial charge in [-0.1, -0.05) is 12.1 Å². The van der Waals surface area contributed by atoms with Crippen LogP contribution in [0.5, 0.6) is 11.5 Å². The van der Waals surface area contributed by atoms with Gasteiger partial charge in [0.05, 0.1) is 12.7 Å². The molecule has 1 heterocycles. The molecule has 8 heteroatoms. The van der Waals surface area contributed by atoms with Crippen LogP contribution in [0.15, 0.2) is 42.5 Å². The van der Waals surface area contributed by atoms with Gasteiger partial charge in [-0.2, -0.15) is 0 Å². The number of nitrogens with zero attached hydrogens (tertiary/aromatic N) is 1. The van der Waals surface area contributed by atoms with Crippen molar-refractivity contribution in [2.75, 3.05) is 25.8 Å². The Balaban J connectivity index is 1.65. The normalized spacial score (nSPS) is 11.6. The van der Waals surface area contributed by atoms with Crippen molar-refractivity contribution < 1.29 is 28.6 Å². The van der Waals surface area contributed by atoms with E-state index in [2.05, 4.69) is 10.1 Å². The minimum absolute atomic E-state index is 0.133. The summed E-state index contributed by atoms with van der Waals surface area (Å²) in [6, 6.07) is 11.8. The van der Waals surface area contributed by atoms with E-state index >= 15 is 0 Å². The van der Waals surface area contributed by atoms with Crippen LogP contribution in [0.1, 0.15) is 22.8 Å². The number of benzene rings is 2. The minimum Gasteiger partial charge on any atom is -0.465 e. The number of carbonyl (C=O) groups excluding carboxylic acids is 3. The first-order valence-corrected chi connectivity index (χ1v) is 8.58. The highest BCUT2D eigenvalue weighted by atomic mass is 16.7. The van der Waals surface area contributed by atoms with Crippen LogP contribution in [0.4, 0.5) is 5.69 Å². The smallest absolute Gasteiger partial charge is 0.337 e. The Morgan fingerprint density at radius 3 is 2.64 bits per heavy atom. The third-order valence-electron chi connectivity index (χ3n) is 4.16. The quantitative estimate of drug-likeness (QED) is 0.768. The maximum atomic E-state index is 12.4. The molecular weight excluding hydrogens is 364 g/mol. The third-order valence-corrected chi connectivity index (χ3v) is 4.16. The Bertz CT molecular complexity index is 911. The number of methoxy groups -OCH3 is 1. The summed E-state index contributed by atoms with van der Waals surface area (Å²) in [7, 11) is 1.29. The molecule has 28 heavy (non-hydrogen) atoms. The second-order valence-corrected chi connectivity index (χ2v) is 6.18. The van der Waals surface area contributed by atoms with Crippen molar-refractivity contribution in [3.8, 4) is 11.5 Å². The van der Waals surface area contributed by atoms with Gasteiger partial charge in [0.2, 0.25) is 18.6 Å². The molecule has 2 aromatic rings. The summed E-state index contributed by atoms with van der Waals surface area (Å²) in [6.07, 6.45) is 0. The molecule has 1 aliphatic heterocycles. The molecule has 1 aliphatic rings. The van der Waals surface area contributed by atoms with E-state index < -0.39 is 5.97 Å². The molecule has 0 atom stereocenters. The number of nitrogens with one attached hydrogen (secondary N) is 1. The Kier molecular flexibility index (Phi) is 5.78. The molecular formula is C20H20N2O6. The van der Waals surface area contributed by atoms with Crippen LogP contribution in [-0.4, -0.2) is 43.1 Å². The van der Waals surface area contributed by atoms with E-state index in [1.807, 2.05) is 6.07 Å². The second kappa shape index (κ2) is 8.43. The maximum absolute atomic E-state index is 12.4. The molecule has 1 N–H and O–H groups in total. The summed E-state index contributed by atoms with van der Waals surface area (Å²) in [5, 5.41) is 2.69. The summed E-state index contributed by atoms with van der Waals surface area (Å²) >= 11 is 0. The molecule has 0 spiro atoms. The van der Waals surface area contributed by atoms with E-state index in [4.69, 9.17) is 9.47 Å². The Morgan fingerprint density at radius 2 is 1.89 bits per heavy atom. The summed E-state index contributed by atoms with van der Waals surface area (Å²) in [5.74, 6) is 0.157. The topological polar surface area (TPSA) is 94.2 Å². The van der Waals surface area contributed by atoms with E-state index in [0.29, 0.717) is 22.7 Å². The maximum Gasteiger partial charge on any atom is 0.337 e. The lowest BCUT2D eigenvalue weighted by molar-refractivity contribution is -0.133. The van der Waals surface area contributed by atoms with Crippen molar-refractivity contribution in [1.29, 1.82) is 0 Å². The Hall–Kier alpha value is -3.55. The summed E-state index contributed by atoms with van der Waals surface area (Å²) < 4.78 is 15.3. The number of carbonyl (C=O) groups is 3. The van der Waals surface area contributed by atoms with Gasteiger partial charge in [0, 0.05) is 19.2 Å². The molecule has 0 saturated heterocycles. The van der Waals surface area contributed by atoms with Crippen molar-refractivity contribution in [1.82, 2.24) is 4.90 Å². The monoisotopic (exact) mass is 384 g/mol. The van der Waals surface area contributed by atoms with Crippen LogP contribution < -0.4 is 14.8 Å². The number of rotatable bonds is 6. The summed E-state index contributed by atoms with van der Waals surface area (Å²) in [5.41, 5.74) is 1.59. The molecule has 0 saturated carbocycles. The number of hydrogen-bond acceptors (Lipinski definition) is 6. The predicted octanol–water partition coefficient (Wildman–Crippen LogP) is 2.19. The SMILES string of the molecule is COC(=O)c1cccc(NC(=O)CN(Cc2ccc3c(c2)OCO3)C(C)=O)c1. The van der Waals surface area contributed by atoms with Gasteiger partial charge in [0.1, 0.15) is 6.54 Å². The lowest BCUT2D eigenvalue weighted by atomic mass is 10.2. The average Bonchev–Trinajstić information content (AvgIpc) is 3.14. The number of fused-ring (bicyclic) bond motifs is 1. The zero-order chi connectivity index (χ0) is 20.1. The average molecular weight is 384 g/mol. The molecule has 8 nitrogen and oxygen atoms in total. The van der Waals surface area contributed by atoms with Gasteiger partial charge < -0.3 is 24.4 Å². The Morgan fingerprint density at radius 1 is 1.11 bits per heavy atom. The molecule has 3 rings (SSSR count). The molecule has 146 valence electrons. The van der Waals surface area contributed by atoms with E-state index in [9.17, 15) is 14.4 Å². The van der Waals surface area contributed by atoms with Gasteiger partial charge in [-0.05, 0) is 35.9 Å². The summed E-state index contributed by atoms with van der Waals surface area (Å²) in [4.78, 5) is 37.4. The first kappa shape index (κ1) is 19.2. The number of esters is 1. The van der Waals surface area contributed by atoms with Gasteiger partial charge in [0.15, 0.2) is 11.5 Å². The first-order chi connectivity index (χ1) is 13.5. The molecule has 0 bridgehead atoms. The second-order valence-electron chi connectivity index (χ2n) is 6.18. The van der Waals surface area contributed by atoms with Crippen molar-refractivity contribution >= 4 is 23.5 Å². The number of amides is 2. The fourth-order valence-electron chi connectivity index (χ4n) is 2.75. The van der Waals surface area contributed by atoms with Crippen LogP contribution in [-0.2, 0) is 20.9 Å². The van der Waals surface area contributed by atoms with E-state index in [1.54, 1.807) is 30.3 Å². The van der Waals surface area contributed by atoms with Crippen molar-refractivity contribution in [2.45, 2.75) is 13.5 Å². The summed E-state index contributed by atoms with van der Waals surface area (Å²) in [6.45, 7) is 1.69. The molecule has 0 aliphatic carbocycles. The first-order valence-electron chi connectivity index (χ1n) is 8.58. The number of anilines is 1. The van der Waals surface area contributed by atoms with Gasteiger partial charge in [-0.3, -0.25) is 9.59 Å². The highest BCUT2D eigenvalue weighted by Gasteiger charge is 2.18. The molecule has 0 aromatic heterocycles. The fourth-order valence-corrected chi connectivity index (χ4v) is 2.75. The van der Waals surface area contributed by atoms with E-state index in [0.717, 1.165) is 5.56 Å². The Labute approximate surface area is 162 Å². The lowest BCUT2D eigenvalue weighted by Gasteiger charge is -2.21. The highest BCUT2D eigenvalue weighted by Crippen LogP contribution is 2.32. The van der Waals surface area contributed by atoms with Gasteiger partial charge in [-0.15, -0.1) is 0 Å². The van der Waals surface area contributed by atoms with Crippen molar-refractivity contribution in [3.05, 3.63) is 53.6 Å². The fraction of sp³-hybridized carbons (Fsp3) is 0.250. The highest BCUT2D eigenvalue weighted by molar-refractivity contribution is 5.96. The third kappa shape index (κ3) is 4.59. The number of hydrogen-bond donors (Lipinski definition) is 1. The number of ether oxygens (including phenoxy) is 3. The van der Waals surface area contributed by atoms with Crippen molar-refractivity contribution in [3.63, 3.8) is 0 Å². The zero-order valence-corrected chi connectivity index (χ0v) is 15.6. The predicted molar refractivity (Wildman–Crippen MR) is 100 cm³/mol. The molecule has 0 unspecified atom stereocenters. The van der Waals surface area contributed by atoms with E-state index in [-0.39, 0.29) is 31.7 Å². The van der Waals surface area contributed by atoms with Crippen LogP contribution in [0.2, 0.25) is 0 Å². The van der Waals surface area contributed by atoms with Crippen molar-refractivity contribution in [2.24, 2.45) is 0 Å². The largest absolute Gasteiger partial charge is 0.465 e. The van der Waals surface area contributed by atoms with E-state index in [1.165, 1.54) is 25.0 Å².